The molecule has 3 aromatic rings. The molecule has 0 saturated carbocycles. The Labute approximate surface area is 177 Å². The third kappa shape index (κ3) is 5.56. The molecule has 7 heteroatoms. The number of hydrogen-bond donors (Lipinski definition) is 3. The lowest BCUT2D eigenvalue weighted by molar-refractivity contribution is 0.601. The fourth-order valence-electron chi connectivity index (χ4n) is 2.73. The lowest BCUT2D eigenvalue weighted by Gasteiger charge is -2.13. The van der Waals surface area contributed by atoms with Crippen LogP contribution in [0.1, 0.15) is 18.1 Å². The summed E-state index contributed by atoms with van der Waals surface area (Å²) in [6.45, 7) is 3.96. The van der Waals surface area contributed by atoms with Gasteiger partial charge >= 0.3 is 0 Å². The first kappa shape index (κ1) is 20.8. The molecular formula is C22H23N3O2S2. The van der Waals surface area contributed by atoms with Gasteiger partial charge in [-0.05, 0) is 79.2 Å². The van der Waals surface area contributed by atoms with Crippen molar-refractivity contribution in [2.75, 3.05) is 15.4 Å². The van der Waals surface area contributed by atoms with Gasteiger partial charge in [0.25, 0.3) is 10.0 Å². The fourth-order valence-corrected chi connectivity index (χ4v) is 4.09. The molecule has 0 unspecified atom stereocenters. The normalized spacial score (nSPS) is 11.0. The second kappa shape index (κ2) is 9.07. The zero-order chi connectivity index (χ0) is 20.9. The maximum absolute atomic E-state index is 12.6. The van der Waals surface area contributed by atoms with Crippen LogP contribution in [0.15, 0.2) is 77.7 Å². The number of sulfonamides is 1. The molecule has 0 radical (unpaired) electrons. The van der Waals surface area contributed by atoms with Gasteiger partial charge in [0.05, 0.1) is 10.6 Å². The third-order valence-corrected chi connectivity index (χ3v) is 6.02. The lowest BCUT2D eigenvalue weighted by Crippen LogP contribution is -2.19. The van der Waals surface area contributed by atoms with E-state index < -0.39 is 10.0 Å². The minimum atomic E-state index is -3.66. The van der Waals surface area contributed by atoms with Crippen LogP contribution in [0.5, 0.6) is 0 Å². The number of hydrogen-bond acceptors (Lipinski definition) is 3. The van der Waals surface area contributed by atoms with Gasteiger partial charge in [-0.25, -0.2) is 8.42 Å². The molecule has 150 valence electrons. The highest BCUT2D eigenvalue weighted by Crippen LogP contribution is 2.21. The van der Waals surface area contributed by atoms with Crippen LogP contribution in [0.4, 0.5) is 17.1 Å². The molecule has 0 aromatic heterocycles. The van der Waals surface area contributed by atoms with E-state index in [-0.39, 0.29) is 4.90 Å². The summed E-state index contributed by atoms with van der Waals surface area (Å²) in [6.07, 6.45) is 0.983. The summed E-state index contributed by atoms with van der Waals surface area (Å²) in [4.78, 5) is 0.181. The van der Waals surface area contributed by atoms with Gasteiger partial charge in [-0.15, -0.1) is 0 Å². The van der Waals surface area contributed by atoms with E-state index >= 15 is 0 Å². The SMILES string of the molecule is CCc1ccc(NC(=S)Nc2ccc(S(=O)(=O)Nc3ccccc3C)cc2)cc1. The van der Waals surface area contributed by atoms with Crippen molar-refractivity contribution in [3.05, 3.63) is 83.9 Å². The molecule has 0 heterocycles. The summed E-state index contributed by atoms with van der Waals surface area (Å²) >= 11 is 5.33. The first-order chi connectivity index (χ1) is 13.9. The molecule has 0 aliphatic heterocycles. The molecule has 3 rings (SSSR count). The minimum Gasteiger partial charge on any atom is -0.332 e. The fraction of sp³-hybridized carbons (Fsp3) is 0.136. The third-order valence-electron chi connectivity index (χ3n) is 4.43. The van der Waals surface area contributed by atoms with E-state index in [9.17, 15) is 8.42 Å². The van der Waals surface area contributed by atoms with Gasteiger partial charge in [0.2, 0.25) is 0 Å². The number of benzene rings is 3. The first-order valence-electron chi connectivity index (χ1n) is 9.23. The smallest absolute Gasteiger partial charge is 0.261 e. The minimum absolute atomic E-state index is 0.181. The summed E-state index contributed by atoms with van der Waals surface area (Å²) in [6, 6.07) is 21.7. The Bertz CT molecular complexity index is 1090. The Morgan fingerprint density at radius 1 is 0.862 bits per heavy atom. The van der Waals surface area contributed by atoms with E-state index in [1.165, 1.54) is 5.56 Å². The highest BCUT2D eigenvalue weighted by molar-refractivity contribution is 7.92. The molecule has 5 nitrogen and oxygen atoms in total. The predicted molar refractivity (Wildman–Crippen MR) is 124 cm³/mol. The van der Waals surface area contributed by atoms with Crippen molar-refractivity contribution < 1.29 is 8.42 Å². The number of nitrogens with one attached hydrogen (secondary N) is 3. The van der Waals surface area contributed by atoms with Crippen LogP contribution < -0.4 is 15.4 Å². The van der Waals surface area contributed by atoms with Gasteiger partial charge in [-0.2, -0.15) is 0 Å². The van der Waals surface area contributed by atoms with Crippen molar-refractivity contribution in [2.24, 2.45) is 0 Å². The molecule has 0 atom stereocenters. The second-order valence-electron chi connectivity index (χ2n) is 6.57. The summed E-state index contributed by atoms with van der Waals surface area (Å²) < 4.78 is 27.8. The first-order valence-corrected chi connectivity index (χ1v) is 11.1. The van der Waals surface area contributed by atoms with Crippen molar-refractivity contribution in [2.45, 2.75) is 25.2 Å². The molecule has 29 heavy (non-hydrogen) atoms. The zero-order valence-electron chi connectivity index (χ0n) is 16.3. The van der Waals surface area contributed by atoms with Crippen LogP contribution in [-0.2, 0) is 16.4 Å². The van der Waals surface area contributed by atoms with Gasteiger partial charge in [0.15, 0.2) is 5.11 Å². The molecular weight excluding hydrogens is 402 g/mol. The highest BCUT2D eigenvalue weighted by atomic mass is 32.2. The standard InChI is InChI=1S/C22H23N3O2S2/c1-3-17-8-10-18(11-9-17)23-22(28)24-19-12-14-20(15-13-19)29(26,27)25-21-7-5-4-6-16(21)2/h4-15,25H,3H2,1-2H3,(H2,23,24,28). The molecule has 0 spiro atoms. The number of rotatable bonds is 6. The number of anilines is 3. The molecule has 0 fully saturated rings. The molecule has 3 aromatic carbocycles. The number of aryl methyl sites for hydroxylation is 2. The molecule has 0 saturated heterocycles. The van der Waals surface area contributed by atoms with Crippen LogP contribution in [0.2, 0.25) is 0 Å². The average Bonchev–Trinajstić information content (AvgIpc) is 2.70. The molecule has 3 N–H and O–H groups in total. The lowest BCUT2D eigenvalue weighted by atomic mass is 10.1. The van der Waals surface area contributed by atoms with E-state index in [4.69, 9.17) is 12.2 Å². The number of para-hydroxylation sites is 1. The van der Waals surface area contributed by atoms with Crippen LogP contribution in [0.3, 0.4) is 0 Å². The van der Waals surface area contributed by atoms with E-state index in [2.05, 4.69) is 22.3 Å². The van der Waals surface area contributed by atoms with Gasteiger partial charge in [-0.3, -0.25) is 4.72 Å². The van der Waals surface area contributed by atoms with Crippen molar-refractivity contribution in [1.29, 1.82) is 0 Å². The molecule has 0 amide bonds. The van der Waals surface area contributed by atoms with Crippen molar-refractivity contribution in [1.82, 2.24) is 0 Å². The van der Waals surface area contributed by atoms with Crippen LogP contribution >= 0.6 is 12.2 Å². The maximum Gasteiger partial charge on any atom is 0.261 e. The van der Waals surface area contributed by atoms with Crippen molar-refractivity contribution >= 4 is 44.4 Å². The van der Waals surface area contributed by atoms with E-state index in [0.29, 0.717) is 16.5 Å². The maximum atomic E-state index is 12.6. The van der Waals surface area contributed by atoms with E-state index in [1.807, 2.05) is 43.3 Å². The van der Waals surface area contributed by atoms with E-state index in [0.717, 1.165) is 17.7 Å². The van der Waals surface area contributed by atoms with Crippen molar-refractivity contribution in [3.63, 3.8) is 0 Å². The molecule has 0 aliphatic rings. The summed E-state index contributed by atoms with van der Waals surface area (Å²) in [5.41, 5.74) is 4.27. The zero-order valence-corrected chi connectivity index (χ0v) is 17.9. The van der Waals surface area contributed by atoms with Gasteiger partial charge in [-0.1, -0.05) is 37.3 Å². The molecule has 0 bridgehead atoms. The Kier molecular flexibility index (Phi) is 6.51. The molecule has 0 aliphatic carbocycles. The van der Waals surface area contributed by atoms with Gasteiger partial charge in [0, 0.05) is 11.4 Å². The Balaban J connectivity index is 1.64. The summed E-state index contributed by atoms with van der Waals surface area (Å²) in [5, 5.41) is 6.61. The van der Waals surface area contributed by atoms with Crippen LogP contribution in [0.25, 0.3) is 0 Å². The number of thiocarbonyl (C=S) groups is 1. The Morgan fingerprint density at radius 3 is 1.97 bits per heavy atom. The van der Waals surface area contributed by atoms with Crippen molar-refractivity contribution in [3.8, 4) is 0 Å². The van der Waals surface area contributed by atoms with Crippen LogP contribution in [-0.4, -0.2) is 13.5 Å². The monoisotopic (exact) mass is 425 g/mol. The summed E-state index contributed by atoms with van der Waals surface area (Å²) in [5.74, 6) is 0. The highest BCUT2D eigenvalue weighted by Gasteiger charge is 2.15. The van der Waals surface area contributed by atoms with E-state index in [1.54, 1.807) is 36.4 Å². The Hall–Kier alpha value is -2.90. The summed E-state index contributed by atoms with van der Waals surface area (Å²) in [7, 11) is -3.66. The largest absolute Gasteiger partial charge is 0.332 e. The van der Waals surface area contributed by atoms with Gasteiger partial charge < -0.3 is 10.6 Å². The van der Waals surface area contributed by atoms with Crippen LogP contribution in [0, 0.1) is 6.92 Å². The Morgan fingerprint density at radius 2 is 1.41 bits per heavy atom. The van der Waals surface area contributed by atoms with Gasteiger partial charge in [0.1, 0.15) is 0 Å². The second-order valence-corrected chi connectivity index (χ2v) is 8.67. The quantitative estimate of drug-likeness (QED) is 0.476. The average molecular weight is 426 g/mol. The topological polar surface area (TPSA) is 70.2 Å². The predicted octanol–water partition coefficient (Wildman–Crippen LogP) is 5.17.